The number of aliphatic carboxylic acids is 2. The molecule has 0 saturated heterocycles. The Balaban J connectivity index is -0.000000127. The first-order chi connectivity index (χ1) is 14.3. The maximum atomic E-state index is 11.0. The molecule has 0 fully saturated rings. The predicted molar refractivity (Wildman–Crippen MR) is 110 cm³/mol. The van der Waals surface area contributed by atoms with E-state index in [0.29, 0.717) is 0 Å². The molecule has 0 aliphatic heterocycles. The van der Waals surface area contributed by atoms with Gasteiger partial charge < -0.3 is 44.0 Å². The summed E-state index contributed by atoms with van der Waals surface area (Å²) in [7, 11) is 5.91. The van der Waals surface area contributed by atoms with Gasteiger partial charge in [-0.1, -0.05) is 27.7 Å². The third-order valence-electron chi connectivity index (χ3n) is 3.67. The Morgan fingerprint density at radius 3 is 1.03 bits per heavy atom. The molecule has 2 aliphatic carbocycles. The summed E-state index contributed by atoms with van der Waals surface area (Å²) in [5.41, 5.74) is 0. The molecule has 0 aromatic heterocycles. The van der Waals surface area contributed by atoms with Gasteiger partial charge in [-0.3, -0.25) is 44.9 Å². The van der Waals surface area contributed by atoms with E-state index in [1.807, 2.05) is 27.7 Å². The molecule has 0 bridgehead atoms. The van der Waals surface area contributed by atoms with E-state index in [1.165, 1.54) is 25.7 Å². The second-order valence-corrected chi connectivity index (χ2v) is 5.25. The molecule has 0 saturated carbocycles. The third-order valence-corrected chi connectivity index (χ3v) is 3.67. The summed E-state index contributed by atoms with van der Waals surface area (Å²) >= 11 is 0. The summed E-state index contributed by atoms with van der Waals surface area (Å²) in [4.78, 5) is 43.4. The molecule has 181 valence electrons. The van der Waals surface area contributed by atoms with Crippen LogP contribution in [0.2, 0.25) is 0 Å². The largest absolute Gasteiger partial charge is 2.00 e. The van der Waals surface area contributed by atoms with Crippen molar-refractivity contribution < 1.29 is 109 Å². The van der Waals surface area contributed by atoms with Crippen LogP contribution in [-0.4, -0.2) is 34.1 Å². The zero-order valence-electron chi connectivity index (χ0n) is 19.2. The average molecular weight is 613 g/mol. The fourth-order valence-electron chi connectivity index (χ4n) is 2.33. The summed E-state index contributed by atoms with van der Waals surface area (Å²) in [6.45, 7) is 8.00. The van der Waals surface area contributed by atoms with Gasteiger partial charge in [0.25, 0.3) is 23.9 Å². The molecule has 3 radical (unpaired) electrons. The Morgan fingerprint density at radius 1 is 0.636 bits per heavy atom. The molecule has 4 unspecified atom stereocenters. The van der Waals surface area contributed by atoms with E-state index in [9.17, 15) is 19.2 Å². The van der Waals surface area contributed by atoms with Gasteiger partial charge in [0.05, 0.1) is 0 Å². The summed E-state index contributed by atoms with van der Waals surface area (Å²) in [6, 6.07) is 0. The van der Waals surface area contributed by atoms with Crippen LogP contribution in [0.1, 0.15) is 27.7 Å². The topological polar surface area (TPSA) is 127 Å². The third kappa shape index (κ3) is 15.6. The Kier molecular flexibility index (Phi) is 33.0. The first-order valence-electron chi connectivity index (χ1n) is 9.40. The number of carbonyl (C=O) groups is 4. The second kappa shape index (κ2) is 25.7. The molecule has 0 aromatic rings. The fourth-order valence-corrected chi connectivity index (χ4v) is 2.33. The SMILES string of the molecule is CC.CC.[CH2-]OC(=O)C1[CH-]C=C[CH-]C1C(=O)O.[CH2-]OC(=O)C1[CH-]C=C[CH-]C1C(=O)O.[V+2].[V+2].[Y]. The normalized spacial score (nSPS) is 20.5. The Morgan fingerprint density at radius 2 is 0.848 bits per heavy atom. The molecule has 2 N–H and O–H groups in total. The van der Waals surface area contributed by atoms with Crippen LogP contribution in [-0.2, 0) is 98.5 Å². The fraction of sp³-hybridized carbons (Fsp3) is 0.364. The first-order valence-corrected chi connectivity index (χ1v) is 9.40. The number of carboxylic acids is 2. The van der Waals surface area contributed by atoms with Crippen molar-refractivity contribution in [2.45, 2.75) is 27.7 Å². The predicted octanol–water partition coefficient (Wildman–Crippen LogP) is 3.28. The van der Waals surface area contributed by atoms with Crippen LogP contribution in [0.3, 0.4) is 0 Å². The maximum Gasteiger partial charge on any atom is 2.00 e. The average Bonchev–Trinajstić information content (AvgIpc) is 2.80. The molecule has 33 heavy (non-hydrogen) atoms. The zero-order chi connectivity index (χ0) is 23.7. The van der Waals surface area contributed by atoms with Gasteiger partial charge in [0.15, 0.2) is 0 Å². The Hall–Kier alpha value is -0.887. The van der Waals surface area contributed by atoms with Crippen molar-refractivity contribution >= 4 is 23.9 Å². The van der Waals surface area contributed by atoms with Crippen molar-refractivity contribution in [1.29, 1.82) is 0 Å². The van der Waals surface area contributed by atoms with E-state index >= 15 is 0 Å². The van der Waals surface area contributed by atoms with Crippen LogP contribution < -0.4 is 0 Å². The molecule has 2 rings (SSSR count). The molecule has 0 amide bonds. The molecule has 0 aromatic carbocycles. The number of ether oxygens (including phenoxy) is 2. The van der Waals surface area contributed by atoms with E-state index in [-0.39, 0.29) is 69.8 Å². The van der Waals surface area contributed by atoms with Crippen molar-refractivity contribution in [3.8, 4) is 0 Å². The van der Waals surface area contributed by atoms with Crippen molar-refractivity contribution in [2.24, 2.45) is 23.7 Å². The van der Waals surface area contributed by atoms with Crippen LogP contribution in [0, 0.1) is 63.6 Å². The molecular weight excluding hydrogens is 583 g/mol. The minimum Gasteiger partial charge on any atom is -0.641 e. The molecule has 0 heterocycles. The molecule has 8 nitrogen and oxygen atoms in total. The minimum absolute atomic E-state index is 0. The number of carbonyl (C=O) groups excluding carboxylic acids is 2. The van der Waals surface area contributed by atoms with Crippen molar-refractivity contribution in [3.63, 3.8) is 0 Å². The van der Waals surface area contributed by atoms with Gasteiger partial charge in [0, 0.05) is 32.7 Å². The Bertz CT molecular complexity index is 559. The first kappa shape index (κ1) is 42.3. The van der Waals surface area contributed by atoms with E-state index in [2.05, 4.69) is 23.7 Å². The molecular formula is C22H30O8V2Y-2. The summed E-state index contributed by atoms with van der Waals surface area (Å²) in [6.07, 6.45) is 12.3. The van der Waals surface area contributed by atoms with Crippen LogP contribution in [0.15, 0.2) is 24.3 Å². The molecule has 11 heteroatoms. The van der Waals surface area contributed by atoms with Crippen molar-refractivity contribution in [1.82, 2.24) is 0 Å². The smallest absolute Gasteiger partial charge is 0.641 e. The van der Waals surface area contributed by atoms with E-state index in [4.69, 9.17) is 10.2 Å². The van der Waals surface area contributed by atoms with Crippen molar-refractivity contribution in [3.05, 3.63) is 64.2 Å². The van der Waals surface area contributed by atoms with Crippen LogP contribution in [0.5, 0.6) is 0 Å². The van der Waals surface area contributed by atoms with Gasteiger partial charge in [-0.15, -0.1) is 0 Å². The number of hydrogen-bond donors (Lipinski definition) is 2. The van der Waals surface area contributed by atoms with Gasteiger partial charge in [-0.05, 0) is 23.7 Å². The van der Waals surface area contributed by atoms with Gasteiger partial charge in [-0.2, -0.15) is 14.2 Å². The summed E-state index contributed by atoms with van der Waals surface area (Å²) in [5, 5.41) is 17.5. The number of carboxylic acid groups (broad SMARTS) is 2. The van der Waals surface area contributed by atoms with Gasteiger partial charge in [-0.25, -0.2) is 0 Å². The molecule has 0 spiro atoms. The van der Waals surface area contributed by atoms with Crippen LogP contribution >= 0.6 is 0 Å². The maximum absolute atomic E-state index is 11.0. The van der Waals surface area contributed by atoms with Crippen LogP contribution in [0.25, 0.3) is 0 Å². The monoisotopic (exact) mass is 613 g/mol. The van der Waals surface area contributed by atoms with Gasteiger partial charge >= 0.3 is 37.1 Å². The van der Waals surface area contributed by atoms with Crippen molar-refractivity contribution in [2.75, 3.05) is 0 Å². The van der Waals surface area contributed by atoms with E-state index in [1.54, 1.807) is 24.3 Å². The molecule has 2 aliphatic rings. The van der Waals surface area contributed by atoms with E-state index in [0.717, 1.165) is 0 Å². The summed E-state index contributed by atoms with van der Waals surface area (Å²) in [5.74, 6) is -6.58. The van der Waals surface area contributed by atoms with Gasteiger partial charge in [0.2, 0.25) is 0 Å². The quantitative estimate of drug-likeness (QED) is 0.366. The van der Waals surface area contributed by atoms with Crippen LogP contribution in [0.4, 0.5) is 0 Å². The molecule has 4 atom stereocenters. The number of rotatable bonds is 4. The standard InChI is InChI=1S/2C9H9O4.2C2H6.2V.Y/c2*1-13-9(12)7-5-3-2-4-6(7)8(10)11;2*1-2;;;/h2*2-7H,1H2,(H,10,11);2*1-2H3;;;/q2*-3;;;2*+2;. The second-order valence-electron chi connectivity index (χ2n) is 5.25. The number of allylic oxidation sites excluding steroid dienone is 4. The number of esters is 2. The van der Waals surface area contributed by atoms with Gasteiger partial charge in [0.1, 0.15) is 0 Å². The van der Waals surface area contributed by atoms with E-state index < -0.39 is 47.5 Å². The minimum atomic E-state index is -1.05. The summed E-state index contributed by atoms with van der Waals surface area (Å²) < 4.78 is 8.47. The number of hydrogen-bond acceptors (Lipinski definition) is 6. The zero-order valence-corrected chi connectivity index (χ0v) is 24.8. The Labute approximate surface area is 246 Å².